The van der Waals surface area contributed by atoms with Crippen LogP contribution < -0.4 is 0 Å². The summed E-state index contributed by atoms with van der Waals surface area (Å²) in [6.07, 6.45) is 2.14. The Balaban J connectivity index is 1.98. The highest BCUT2D eigenvalue weighted by Crippen LogP contribution is 2.13. The maximum Gasteiger partial charge on any atom is 0.337 e. The number of carboxylic acids is 1. The van der Waals surface area contributed by atoms with Crippen LogP contribution in [0.2, 0.25) is 0 Å². The maximum atomic E-state index is 10.8. The summed E-state index contributed by atoms with van der Waals surface area (Å²) in [5.74, 6) is -0.271. The second kappa shape index (κ2) is 4.23. The monoisotopic (exact) mass is 259 g/mol. The molecule has 0 saturated heterocycles. The van der Waals surface area contributed by atoms with Gasteiger partial charge < -0.3 is 5.11 Å². The van der Waals surface area contributed by atoms with E-state index in [4.69, 9.17) is 5.11 Å². The highest BCUT2D eigenvalue weighted by Gasteiger charge is 2.08. The summed E-state index contributed by atoms with van der Waals surface area (Å²) < 4.78 is 1.51. The van der Waals surface area contributed by atoms with Crippen molar-refractivity contribution in [3.63, 3.8) is 0 Å². The largest absolute Gasteiger partial charge is 0.478 e. The molecule has 3 aromatic rings. The second-order valence-corrected chi connectivity index (χ2v) is 4.84. The van der Waals surface area contributed by atoms with E-state index in [0.29, 0.717) is 17.9 Å². The van der Waals surface area contributed by atoms with Gasteiger partial charge in [-0.25, -0.2) is 14.3 Å². The quantitative estimate of drug-likeness (QED) is 0.782. The van der Waals surface area contributed by atoms with Crippen LogP contribution in [0, 0.1) is 0 Å². The number of aromatic carboxylic acids is 1. The van der Waals surface area contributed by atoms with Crippen LogP contribution in [0.4, 0.5) is 0 Å². The van der Waals surface area contributed by atoms with Gasteiger partial charge in [0, 0.05) is 17.5 Å². The first kappa shape index (κ1) is 10.9. The fourth-order valence-corrected chi connectivity index (χ4v) is 2.40. The van der Waals surface area contributed by atoms with Gasteiger partial charge in [-0.3, -0.25) is 0 Å². The smallest absolute Gasteiger partial charge is 0.337 e. The molecule has 0 amide bonds. The average molecular weight is 259 g/mol. The lowest BCUT2D eigenvalue weighted by Gasteiger charge is -1.93. The zero-order valence-corrected chi connectivity index (χ0v) is 10.1. The van der Waals surface area contributed by atoms with Crippen molar-refractivity contribution in [1.82, 2.24) is 14.6 Å². The van der Waals surface area contributed by atoms with Gasteiger partial charge in [0.1, 0.15) is 0 Å². The van der Waals surface area contributed by atoms with Crippen LogP contribution in [-0.2, 0) is 6.42 Å². The molecule has 90 valence electrons. The average Bonchev–Trinajstić information content (AvgIpc) is 2.96. The Hall–Kier alpha value is -2.21. The summed E-state index contributed by atoms with van der Waals surface area (Å²) in [5.41, 5.74) is 0.863. The van der Waals surface area contributed by atoms with Crippen LogP contribution >= 0.6 is 11.3 Å². The van der Waals surface area contributed by atoms with E-state index in [1.165, 1.54) is 21.7 Å². The number of carbonyl (C=O) groups is 1. The Morgan fingerprint density at radius 2 is 2.28 bits per heavy atom. The zero-order valence-electron chi connectivity index (χ0n) is 9.28. The summed E-state index contributed by atoms with van der Waals surface area (Å²) in [6.45, 7) is 0. The minimum Gasteiger partial charge on any atom is -0.478 e. The molecular formula is C12H9N3O2S. The first-order valence-electron chi connectivity index (χ1n) is 5.33. The van der Waals surface area contributed by atoms with Gasteiger partial charge in [-0.1, -0.05) is 6.07 Å². The second-order valence-electron chi connectivity index (χ2n) is 3.81. The van der Waals surface area contributed by atoms with Gasteiger partial charge in [0.2, 0.25) is 0 Å². The van der Waals surface area contributed by atoms with Gasteiger partial charge in [-0.15, -0.1) is 11.3 Å². The number of hydrogen-bond donors (Lipinski definition) is 1. The fraction of sp³-hybridized carbons (Fsp3) is 0.0833. The predicted octanol–water partition coefficient (Wildman–Crippen LogP) is 2.08. The number of hydrogen-bond acceptors (Lipinski definition) is 4. The Morgan fingerprint density at radius 1 is 1.39 bits per heavy atom. The molecule has 0 fully saturated rings. The minimum absolute atomic E-state index is 0.204. The Morgan fingerprint density at radius 3 is 3.00 bits per heavy atom. The number of aromatic nitrogens is 3. The lowest BCUT2D eigenvalue weighted by molar-refractivity contribution is 0.0696. The van der Waals surface area contributed by atoms with Crippen molar-refractivity contribution >= 4 is 23.0 Å². The molecule has 0 saturated carbocycles. The van der Waals surface area contributed by atoms with Crippen molar-refractivity contribution in [2.24, 2.45) is 0 Å². The van der Waals surface area contributed by atoms with E-state index in [2.05, 4.69) is 10.1 Å². The van der Waals surface area contributed by atoms with Crippen LogP contribution in [0.1, 0.15) is 21.1 Å². The van der Waals surface area contributed by atoms with E-state index in [1.54, 1.807) is 17.4 Å². The van der Waals surface area contributed by atoms with Crippen molar-refractivity contribution in [2.75, 3.05) is 0 Å². The number of fused-ring (bicyclic) bond motifs is 1. The third kappa shape index (κ3) is 1.98. The molecule has 0 unspecified atom stereocenters. The first-order chi connectivity index (χ1) is 8.72. The predicted molar refractivity (Wildman–Crippen MR) is 67.1 cm³/mol. The molecule has 0 aliphatic heterocycles. The molecule has 0 bridgehead atoms. The van der Waals surface area contributed by atoms with Crippen LogP contribution in [0.5, 0.6) is 0 Å². The van der Waals surface area contributed by atoms with Crippen LogP contribution in [0.3, 0.4) is 0 Å². The summed E-state index contributed by atoms with van der Waals surface area (Å²) in [4.78, 5) is 16.4. The Labute approximate surface area is 106 Å². The molecule has 0 aliphatic rings. The first-order valence-corrected chi connectivity index (χ1v) is 6.21. The van der Waals surface area contributed by atoms with Crippen molar-refractivity contribution in [2.45, 2.75) is 6.42 Å². The fourth-order valence-electron chi connectivity index (χ4n) is 1.70. The molecule has 0 aliphatic carbocycles. The minimum atomic E-state index is -0.966. The van der Waals surface area contributed by atoms with E-state index in [1.807, 2.05) is 17.5 Å². The van der Waals surface area contributed by atoms with Gasteiger partial charge in [-0.05, 0) is 23.6 Å². The third-order valence-corrected chi connectivity index (χ3v) is 3.41. The summed E-state index contributed by atoms with van der Waals surface area (Å²) in [7, 11) is 0. The van der Waals surface area contributed by atoms with Gasteiger partial charge in [0.25, 0.3) is 0 Å². The molecule has 3 heterocycles. The molecule has 18 heavy (non-hydrogen) atoms. The molecule has 6 heteroatoms. The number of thiophene rings is 1. The number of pyridine rings is 1. The molecule has 3 rings (SSSR count). The molecular weight excluding hydrogens is 250 g/mol. The summed E-state index contributed by atoms with van der Waals surface area (Å²) in [5, 5.41) is 15.2. The maximum absolute atomic E-state index is 10.8. The normalized spacial score (nSPS) is 10.9. The van der Waals surface area contributed by atoms with Crippen molar-refractivity contribution in [3.05, 3.63) is 52.1 Å². The van der Waals surface area contributed by atoms with Crippen molar-refractivity contribution in [1.29, 1.82) is 0 Å². The number of nitrogens with zero attached hydrogens (tertiary/aromatic N) is 3. The number of rotatable bonds is 3. The van der Waals surface area contributed by atoms with Crippen LogP contribution in [0.25, 0.3) is 5.65 Å². The van der Waals surface area contributed by atoms with Gasteiger partial charge >= 0.3 is 5.97 Å². The van der Waals surface area contributed by atoms with Gasteiger partial charge in [0.05, 0.1) is 5.56 Å². The standard InChI is InChI=1S/C12H9N3O2S/c16-12(17)8-3-4-11-13-10(14-15(11)7-8)6-9-2-1-5-18-9/h1-5,7H,6H2,(H,16,17). The van der Waals surface area contributed by atoms with E-state index in [9.17, 15) is 4.79 Å². The Bertz CT molecular complexity index is 703. The lowest BCUT2D eigenvalue weighted by Crippen LogP contribution is -1.99. The SMILES string of the molecule is O=C(O)c1ccc2nc(Cc3cccs3)nn2c1. The highest BCUT2D eigenvalue weighted by molar-refractivity contribution is 7.09. The number of carboxylic acid groups (broad SMARTS) is 1. The zero-order chi connectivity index (χ0) is 12.5. The molecule has 1 N–H and O–H groups in total. The van der Waals surface area contributed by atoms with Crippen LogP contribution in [-0.4, -0.2) is 25.7 Å². The molecule has 0 spiro atoms. The van der Waals surface area contributed by atoms with E-state index >= 15 is 0 Å². The topological polar surface area (TPSA) is 67.5 Å². The van der Waals surface area contributed by atoms with Gasteiger partial charge in [-0.2, -0.15) is 5.10 Å². The van der Waals surface area contributed by atoms with Crippen molar-refractivity contribution in [3.8, 4) is 0 Å². The van der Waals surface area contributed by atoms with Crippen molar-refractivity contribution < 1.29 is 9.90 Å². The Kier molecular flexibility index (Phi) is 2.56. The van der Waals surface area contributed by atoms with Gasteiger partial charge in [0.15, 0.2) is 11.5 Å². The molecule has 0 aromatic carbocycles. The van der Waals surface area contributed by atoms with Crippen LogP contribution in [0.15, 0.2) is 35.8 Å². The molecule has 0 atom stereocenters. The summed E-state index contributed by atoms with van der Waals surface area (Å²) in [6, 6.07) is 7.20. The lowest BCUT2D eigenvalue weighted by atomic mass is 10.3. The molecule has 0 radical (unpaired) electrons. The third-order valence-electron chi connectivity index (χ3n) is 2.53. The van der Waals surface area contributed by atoms with E-state index < -0.39 is 5.97 Å². The summed E-state index contributed by atoms with van der Waals surface area (Å²) >= 11 is 1.65. The molecule has 5 nitrogen and oxygen atoms in total. The van der Waals surface area contributed by atoms with E-state index in [-0.39, 0.29) is 5.56 Å². The highest BCUT2D eigenvalue weighted by atomic mass is 32.1. The molecule has 3 aromatic heterocycles. The van der Waals surface area contributed by atoms with E-state index in [0.717, 1.165) is 0 Å².